The second kappa shape index (κ2) is 12.9. The highest BCUT2D eigenvalue weighted by Crippen LogP contribution is 2.71. The molecule has 1 spiro atoms. The first-order chi connectivity index (χ1) is 19.3. The predicted molar refractivity (Wildman–Crippen MR) is 159 cm³/mol. The van der Waals surface area contributed by atoms with E-state index in [-0.39, 0.29) is 31.0 Å². The fourth-order valence-electron chi connectivity index (χ4n) is 7.04. The van der Waals surface area contributed by atoms with Gasteiger partial charge in [0.25, 0.3) is 0 Å². The van der Waals surface area contributed by atoms with E-state index in [0.29, 0.717) is 32.4 Å². The van der Waals surface area contributed by atoms with Gasteiger partial charge in [-0.25, -0.2) is 0 Å². The van der Waals surface area contributed by atoms with Crippen LogP contribution in [-0.2, 0) is 25.5 Å². The minimum atomic E-state index is -0.773. The summed E-state index contributed by atoms with van der Waals surface area (Å²) in [5.74, 6) is -2.03. The summed E-state index contributed by atoms with van der Waals surface area (Å²) in [4.78, 5) is 46.0. The quantitative estimate of drug-likeness (QED) is 0.192. The lowest BCUT2D eigenvalue weighted by molar-refractivity contribution is -0.156. The van der Waals surface area contributed by atoms with Crippen LogP contribution in [0, 0.1) is 11.8 Å². The maximum Gasteiger partial charge on any atom is 0.311 e. The SMILES string of the molecule is C=CCCOC(=O)[C@H]1[C@H]2C(=O)N([C@@H](CO)Cc3ccccc3)C(C(=O)N(CC=C)CCCCC)C23CC[C@]1(C)S3. The highest BCUT2D eigenvalue weighted by molar-refractivity contribution is 8.02. The predicted octanol–water partition coefficient (Wildman–Crippen LogP) is 4.40. The molecule has 2 bridgehead atoms. The number of thioether (sulfide) groups is 1. The van der Waals surface area contributed by atoms with Gasteiger partial charge in [-0.05, 0) is 44.6 Å². The van der Waals surface area contributed by atoms with E-state index < -0.39 is 33.4 Å². The van der Waals surface area contributed by atoms with Crippen molar-refractivity contribution in [3.63, 3.8) is 0 Å². The molecular weight excluding hydrogens is 524 g/mol. The van der Waals surface area contributed by atoms with Crippen LogP contribution in [0.15, 0.2) is 55.6 Å². The Morgan fingerprint density at radius 3 is 2.62 bits per heavy atom. The number of unbranched alkanes of at least 4 members (excludes halogenated alkanes) is 2. The lowest BCUT2D eigenvalue weighted by Crippen LogP contribution is -2.58. The zero-order valence-corrected chi connectivity index (χ0v) is 24.7. The van der Waals surface area contributed by atoms with Crippen LogP contribution >= 0.6 is 11.8 Å². The minimum absolute atomic E-state index is 0.115. The summed E-state index contributed by atoms with van der Waals surface area (Å²) < 4.78 is 4.41. The number of carbonyl (C=O) groups excluding carboxylic acids is 3. The van der Waals surface area contributed by atoms with Crippen molar-refractivity contribution in [2.75, 3.05) is 26.3 Å². The van der Waals surface area contributed by atoms with Gasteiger partial charge < -0.3 is 19.6 Å². The summed E-state index contributed by atoms with van der Waals surface area (Å²) in [7, 11) is 0. The molecule has 7 nitrogen and oxygen atoms in total. The van der Waals surface area contributed by atoms with Gasteiger partial charge in [0.15, 0.2) is 0 Å². The third-order valence-corrected chi connectivity index (χ3v) is 10.9. The summed E-state index contributed by atoms with van der Waals surface area (Å²) >= 11 is 1.63. The number of benzene rings is 1. The molecule has 2 unspecified atom stereocenters. The highest BCUT2D eigenvalue weighted by atomic mass is 32.2. The lowest BCUT2D eigenvalue weighted by atomic mass is 9.66. The van der Waals surface area contributed by atoms with Gasteiger partial charge in [-0.2, -0.15) is 0 Å². The largest absolute Gasteiger partial charge is 0.465 e. The number of rotatable bonds is 15. The monoisotopic (exact) mass is 568 g/mol. The first kappa shape index (κ1) is 30.4. The molecule has 3 heterocycles. The lowest BCUT2D eigenvalue weighted by Gasteiger charge is -2.39. The standard InChI is InChI=1S/C32H44N2O5S/c1-5-8-13-19-33(18-7-3)29(37)27-32-17-16-31(4,40-32)26(30(38)39-20-9-6-2)25(32)28(36)34(27)24(22-35)21-23-14-11-10-12-15-23/h6-7,10-12,14-15,24-27,35H,2-3,5,8-9,13,16-22H2,1,4H3/t24-,25+,26-,27?,31+,32?/m1/s1. The molecule has 1 N–H and O–H groups in total. The molecule has 4 rings (SSSR count). The van der Waals surface area contributed by atoms with Crippen molar-refractivity contribution < 1.29 is 24.2 Å². The smallest absolute Gasteiger partial charge is 0.311 e. The maximum absolute atomic E-state index is 14.5. The summed E-state index contributed by atoms with van der Waals surface area (Å²) in [5, 5.41) is 10.6. The zero-order chi connectivity index (χ0) is 28.9. The fraction of sp³-hybridized carbons (Fsp3) is 0.594. The average Bonchev–Trinajstić information content (AvgIpc) is 3.52. The van der Waals surface area contributed by atoms with Crippen molar-refractivity contribution in [3.05, 3.63) is 61.2 Å². The average molecular weight is 569 g/mol. The van der Waals surface area contributed by atoms with Crippen molar-refractivity contribution in [1.29, 1.82) is 0 Å². The van der Waals surface area contributed by atoms with Crippen molar-refractivity contribution >= 4 is 29.5 Å². The van der Waals surface area contributed by atoms with E-state index in [9.17, 15) is 19.5 Å². The number of hydrogen-bond donors (Lipinski definition) is 1. The summed E-state index contributed by atoms with van der Waals surface area (Å²) in [6, 6.07) is 8.36. The Bertz CT molecular complexity index is 1100. The van der Waals surface area contributed by atoms with Crippen molar-refractivity contribution in [2.45, 2.75) is 80.4 Å². The van der Waals surface area contributed by atoms with E-state index in [4.69, 9.17) is 4.74 Å². The molecule has 0 radical (unpaired) electrons. The number of carbonyl (C=O) groups is 3. The van der Waals surface area contributed by atoms with E-state index in [0.717, 1.165) is 31.2 Å². The number of fused-ring (bicyclic) bond motifs is 1. The van der Waals surface area contributed by atoms with Gasteiger partial charge in [0.2, 0.25) is 11.8 Å². The molecule has 8 heteroatoms. The Morgan fingerprint density at radius 2 is 1.98 bits per heavy atom. The molecule has 1 aromatic rings. The molecule has 6 atom stereocenters. The maximum atomic E-state index is 14.5. The van der Waals surface area contributed by atoms with Crippen LogP contribution in [0.5, 0.6) is 0 Å². The molecule has 3 aliphatic heterocycles. The third kappa shape index (κ3) is 5.49. The van der Waals surface area contributed by atoms with Crippen molar-refractivity contribution in [1.82, 2.24) is 9.80 Å². The first-order valence-corrected chi connectivity index (χ1v) is 15.4. The van der Waals surface area contributed by atoms with E-state index in [2.05, 4.69) is 20.1 Å². The van der Waals surface area contributed by atoms with Crippen LogP contribution in [0.4, 0.5) is 0 Å². The van der Waals surface area contributed by atoms with Gasteiger partial charge in [0, 0.05) is 17.8 Å². The Morgan fingerprint density at radius 1 is 1.23 bits per heavy atom. The van der Waals surface area contributed by atoms with Gasteiger partial charge in [-0.1, -0.05) is 62.2 Å². The van der Waals surface area contributed by atoms with Crippen LogP contribution in [0.1, 0.15) is 57.9 Å². The molecule has 2 amide bonds. The first-order valence-electron chi connectivity index (χ1n) is 14.6. The molecule has 3 aliphatic rings. The number of likely N-dealkylation sites (tertiary alicyclic amines) is 1. The molecule has 40 heavy (non-hydrogen) atoms. The normalized spacial score (nSPS) is 29.2. The number of hydrogen-bond acceptors (Lipinski definition) is 6. The van der Waals surface area contributed by atoms with Gasteiger partial charge in [-0.3, -0.25) is 14.4 Å². The second-order valence-electron chi connectivity index (χ2n) is 11.5. The fourth-order valence-corrected chi connectivity index (χ4v) is 9.36. The van der Waals surface area contributed by atoms with E-state index in [1.54, 1.807) is 28.8 Å². The number of ether oxygens (including phenoxy) is 1. The summed E-state index contributed by atoms with van der Waals surface area (Å²) in [6.45, 7) is 12.7. The molecule has 0 aliphatic carbocycles. The molecular formula is C32H44N2O5S. The van der Waals surface area contributed by atoms with E-state index in [1.165, 1.54) is 0 Å². The number of amides is 2. The Hall–Kier alpha value is -2.58. The Labute approximate surface area is 243 Å². The van der Waals surface area contributed by atoms with Crippen molar-refractivity contribution in [3.8, 4) is 0 Å². The zero-order valence-electron chi connectivity index (χ0n) is 23.9. The Balaban J connectivity index is 1.76. The van der Waals surface area contributed by atoms with Crippen LogP contribution in [0.2, 0.25) is 0 Å². The second-order valence-corrected chi connectivity index (χ2v) is 13.4. The molecule has 218 valence electrons. The summed E-state index contributed by atoms with van der Waals surface area (Å²) in [6.07, 6.45) is 8.67. The highest BCUT2D eigenvalue weighted by Gasteiger charge is 2.78. The van der Waals surface area contributed by atoms with Gasteiger partial charge in [0.05, 0.1) is 35.8 Å². The van der Waals surface area contributed by atoms with Crippen LogP contribution in [0.25, 0.3) is 0 Å². The topological polar surface area (TPSA) is 87.1 Å². The minimum Gasteiger partial charge on any atom is -0.465 e. The third-order valence-electron chi connectivity index (χ3n) is 8.88. The molecule has 3 fully saturated rings. The van der Waals surface area contributed by atoms with Crippen LogP contribution in [-0.4, -0.2) is 80.6 Å². The molecule has 0 aromatic heterocycles. The van der Waals surface area contributed by atoms with Gasteiger partial charge >= 0.3 is 5.97 Å². The summed E-state index contributed by atoms with van der Waals surface area (Å²) in [5.41, 5.74) is 0.977. The Kier molecular flexibility index (Phi) is 9.83. The number of aliphatic hydroxyl groups excluding tert-OH is 1. The number of aliphatic hydroxyl groups is 1. The molecule has 1 aromatic carbocycles. The van der Waals surface area contributed by atoms with E-state index in [1.807, 2.05) is 42.2 Å². The number of esters is 1. The van der Waals surface area contributed by atoms with Crippen LogP contribution < -0.4 is 0 Å². The van der Waals surface area contributed by atoms with Gasteiger partial charge in [-0.15, -0.1) is 24.9 Å². The molecule has 3 saturated heterocycles. The van der Waals surface area contributed by atoms with Crippen molar-refractivity contribution in [2.24, 2.45) is 11.8 Å². The molecule has 0 saturated carbocycles. The van der Waals surface area contributed by atoms with E-state index >= 15 is 0 Å². The van der Waals surface area contributed by atoms with Crippen LogP contribution in [0.3, 0.4) is 0 Å². The van der Waals surface area contributed by atoms with Gasteiger partial charge in [0.1, 0.15) is 6.04 Å². The number of nitrogens with zero attached hydrogens (tertiary/aromatic N) is 2.